The molecule has 1 aromatic carbocycles. The molecule has 2 atom stereocenters. The number of benzene rings is 1. The second-order valence-electron chi connectivity index (χ2n) is 5.78. The SMILES string of the molecule is N=C/C(=C\NC1CCCC(N)C1)c1cnc2ccccc2n1. The second-order valence-corrected chi connectivity index (χ2v) is 5.78. The van der Waals surface area contributed by atoms with Crippen molar-refractivity contribution in [2.24, 2.45) is 5.73 Å². The number of nitrogens with zero attached hydrogens (tertiary/aromatic N) is 2. The van der Waals surface area contributed by atoms with Gasteiger partial charge < -0.3 is 16.5 Å². The third-order valence-electron chi connectivity index (χ3n) is 4.09. The normalized spacial score (nSPS) is 22.5. The van der Waals surface area contributed by atoms with E-state index in [9.17, 15) is 0 Å². The summed E-state index contributed by atoms with van der Waals surface area (Å²) in [7, 11) is 0. The lowest BCUT2D eigenvalue weighted by Crippen LogP contribution is -2.37. The van der Waals surface area contributed by atoms with Gasteiger partial charge in [-0.3, -0.25) is 4.98 Å². The third-order valence-corrected chi connectivity index (χ3v) is 4.09. The molecule has 1 aliphatic rings. The van der Waals surface area contributed by atoms with Crippen molar-refractivity contribution in [3.63, 3.8) is 0 Å². The van der Waals surface area contributed by atoms with Gasteiger partial charge in [-0.25, -0.2) is 4.98 Å². The van der Waals surface area contributed by atoms with E-state index < -0.39 is 0 Å². The van der Waals surface area contributed by atoms with Crippen LogP contribution in [0.1, 0.15) is 31.4 Å². The molecule has 0 saturated heterocycles. The predicted octanol–water partition coefficient (Wildman–Crippen LogP) is 2.48. The van der Waals surface area contributed by atoms with E-state index in [1.807, 2.05) is 30.5 Å². The van der Waals surface area contributed by atoms with Crippen LogP contribution in [0, 0.1) is 5.41 Å². The van der Waals surface area contributed by atoms with E-state index >= 15 is 0 Å². The summed E-state index contributed by atoms with van der Waals surface area (Å²) >= 11 is 0. The zero-order valence-electron chi connectivity index (χ0n) is 12.5. The van der Waals surface area contributed by atoms with Crippen molar-refractivity contribution in [3.05, 3.63) is 42.4 Å². The first kappa shape index (κ1) is 14.7. The molecular formula is C17H21N5. The molecule has 1 fully saturated rings. The topological polar surface area (TPSA) is 87.7 Å². The number of fused-ring (bicyclic) bond motifs is 1. The van der Waals surface area contributed by atoms with Gasteiger partial charge in [0.2, 0.25) is 0 Å². The van der Waals surface area contributed by atoms with Crippen molar-refractivity contribution >= 4 is 22.8 Å². The van der Waals surface area contributed by atoms with E-state index in [2.05, 4.69) is 15.3 Å². The molecule has 2 unspecified atom stereocenters. The minimum atomic E-state index is 0.281. The number of aromatic nitrogens is 2. The first-order valence-electron chi connectivity index (χ1n) is 7.70. The highest BCUT2D eigenvalue weighted by molar-refractivity contribution is 6.07. The Morgan fingerprint density at radius 2 is 2.09 bits per heavy atom. The van der Waals surface area contributed by atoms with Gasteiger partial charge in [-0.15, -0.1) is 0 Å². The van der Waals surface area contributed by atoms with Crippen molar-refractivity contribution in [1.82, 2.24) is 15.3 Å². The first-order valence-corrected chi connectivity index (χ1v) is 7.70. The van der Waals surface area contributed by atoms with E-state index in [1.165, 1.54) is 6.21 Å². The molecule has 4 N–H and O–H groups in total. The van der Waals surface area contributed by atoms with Crippen molar-refractivity contribution in [2.45, 2.75) is 37.8 Å². The van der Waals surface area contributed by atoms with Crippen molar-refractivity contribution in [1.29, 1.82) is 5.41 Å². The summed E-state index contributed by atoms with van der Waals surface area (Å²) in [6.07, 6.45) is 9.26. The molecule has 5 heteroatoms. The maximum Gasteiger partial charge on any atom is 0.0922 e. The lowest BCUT2D eigenvalue weighted by molar-refractivity contribution is 0.363. The Balaban J connectivity index is 1.79. The van der Waals surface area contributed by atoms with Crippen LogP contribution in [0.5, 0.6) is 0 Å². The fourth-order valence-electron chi connectivity index (χ4n) is 2.87. The molecule has 0 spiro atoms. The predicted molar refractivity (Wildman–Crippen MR) is 89.7 cm³/mol. The number of para-hydroxylation sites is 2. The fraction of sp³-hybridized carbons (Fsp3) is 0.353. The summed E-state index contributed by atoms with van der Waals surface area (Å²) < 4.78 is 0. The van der Waals surface area contributed by atoms with Crippen molar-refractivity contribution in [3.8, 4) is 0 Å². The zero-order chi connectivity index (χ0) is 15.4. The van der Waals surface area contributed by atoms with E-state index in [4.69, 9.17) is 11.1 Å². The number of rotatable bonds is 4. The molecule has 2 aromatic rings. The van der Waals surface area contributed by atoms with Crippen LogP contribution in [0.2, 0.25) is 0 Å². The van der Waals surface area contributed by atoms with Crippen LogP contribution in [0.15, 0.2) is 36.7 Å². The number of hydrogen-bond donors (Lipinski definition) is 3. The molecule has 0 amide bonds. The third kappa shape index (κ3) is 3.31. The maximum atomic E-state index is 7.64. The standard InChI is InChI=1S/C17H21N5/c18-9-12(10-20-14-5-3-4-13(19)8-14)17-11-21-15-6-1-2-7-16(15)22-17/h1-2,6-7,9-11,13-14,18,20H,3-5,8,19H2/b12-10+,18-9?. The number of allylic oxidation sites excluding steroid dienone is 1. The molecule has 22 heavy (non-hydrogen) atoms. The second kappa shape index (κ2) is 6.66. The summed E-state index contributed by atoms with van der Waals surface area (Å²) in [4.78, 5) is 8.98. The molecule has 114 valence electrons. The minimum Gasteiger partial charge on any atom is -0.388 e. The largest absolute Gasteiger partial charge is 0.388 e. The monoisotopic (exact) mass is 295 g/mol. The summed E-state index contributed by atoms with van der Waals surface area (Å²) in [5.74, 6) is 0. The highest BCUT2D eigenvalue weighted by atomic mass is 14.9. The highest BCUT2D eigenvalue weighted by Gasteiger charge is 2.18. The van der Waals surface area contributed by atoms with E-state index in [-0.39, 0.29) is 6.04 Å². The Hall–Kier alpha value is -2.27. The Bertz CT molecular complexity index is 694. The minimum absolute atomic E-state index is 0.281. The van der Waals surface area contributed by atoms with Crippen LogP contribution in [-0.4, -0.2) is 28.3 Å². The van der Waals surface area contributed by atoms with Gasteiger partial charge in [-0.2, -0.15) is 0 Å². The molecule has 5 nitrogen and oxygen atoms in total. The molecule has 0 bridgehead atoms. The molecule has 1 aromatic heterocycles. The van der Waals surface area contributed by atoms with Gasteiger partial charge >= 0.3 is 0 Å². The van der Waals surface area contributed by atoms with E-state index in [1.54, 1.807) is 6.20 Å². The highest BCUT2D eigenvalue weighted by Crippen LogP contribution is 2.18. The van der Waals surface area contributed by atoms with Gasteiger partial charge in [0.1, 0.15) is 0 Å². The number of hydrogen-bond acceptors (Lipinski definition) is 5. The van der Waals surface area contributed by atoms with Crippen LogP contribution in [-0.2, 0) is 0 Å². The van der Waals surface area contributed by atoms with Crippen LogP contribution < -0.4 is 11.1 Å². The fourth-order valence-corrected chi connectivity index (χ4v) is 2.87. The average Bonchev–Trinajstić information content (AvgIpc) is 2.55. The smallest absolute Gasteiger partial charge is 0.0922 e. The van der Waals surface area contributed by atoms with E-state index in [0.717, 1.165) is 42.3 Å². The molecule has 0 aliphatic heterocycles. The van der Waals surface area contributed by atoms with Gasteiger partial charge in [-0.1, -0.05) is 12.1 Å². The van der Waals surface area contributed by atoms with Gasteiger partial charge in [0.05, 0.1) is 22.9 Å². The Morgan fingerprint density at radius 1 is 1.27 bits per heavy atom. The van der Waals surface area contributed by atoms with Gasteiger partial charge in [0, 0.05) is 30.1 Å². The summed E-state index contributed by atoms with van der Waals surface area (Å²) in [5, 5.41) is 11.0. The number of nitrogens with one attached hydrogen (secondary N) is 2. The first-order chi connectivity index (χ1) is 10.8. The maximum absolute atomic E-state index is 7.64. The molecule has 1 heterocycles. The van der Waals surface area contributed by atoms with Gasteiger partial charge in [0.25, 0.3) is 0 Å². The Labute approximate surface area is 130 Å². The van der Waals surface area contributed by atoms with Crippen LogP contribution in [0.25, 0.3) is 16.6 Å². The van der Waals surface area contributed by atoms with Gasteiger partial charge in [-0.05, 0) is 37.8 Å². The van der Waals surface area contributed by atoms with Crippen molar-refractivity contribution in [2.75, 3.05) is 0 Å². The Kier molecular flexibility index (Phi) is 4.44. The molecule has 1 aliphatic carbocycles. The van der Waals surface area contributed by atoms with E-state index in [0.29, 0.717) is 11.7 Å². The Morgan fingerprint density at radius 3 is 2.86 bits per heavy atom. The van der Waals surface area contributed by atoms with Crippen LogP contribution in [0.4, 0.5) is 0 Å². The van der Waals surface area contributed by atoms with Crippen molar-refractivity contribution < 1.29 is 0 Å². The van der Waals surface area contributed by atoms with Crippen LogP contribution in [0.3, 0.4) is 0 Å². The van der Waals surface area contributed by atoms with Gasteiger partial charge in [0.15, 0.2) is 0 Å². The summed E-state index contributed by atoms with van der Waals surface area (Å²) in [5.41, 5.74) is 9.16. The molecule has 1 saturated carbocycles. The number of nitrogens with two attached hydrogens (primary N) is 1. The quantitative estimate of drug-likeness (QED) is 0.756. The lowest BCUT2D eigenvalue weighted by Gasteiger charge is -2.27. The molecular weight excluding hydrogens is 274 g/mol. The molecule has 3 rings (SSSR count). The molecule has 0 radical (unpaired) electrons. The lowest BCUT2D eigenvalue weighted by atomic mass is 9.92. The average molecular weight is 295 g/mol. The van der Waals surface area contributed by atoms with Crippen LogP contribution >= 0.6 is 0 Å². The zero-order valence-corrected chi connectivity index (χ0v) is 12.5. The summed E-state index contributed by atoms with van der Waals surface area (Å²) in [6, 6.07) is 8.41. The summed E-state index contributed by atoms with van der Waals surface area (Å²) in [6.45, 7) is 0.